The second kappa shape index (κ2) is 6.15. The van der Waals surface area contributed by atoms with Gasteiger partial charge in [-0.05, 0) is 19.4 Å². The molecule has 1 aromatic carbocycles. The molecule has 136 valence electrons. The molecule has 3 aromatic heterocycles. The van der Waals surface area contributed by atoms with Crippen LogP contribution in [0.2, 0.25) is 0 Å². The summed E-state index contributed by atoms with van der Waals surface area (Å²) < 4.78 is 9.85. The maximum Gasteiger partial charge on any atom is 0.250 e. The first-order valence-corrected chi connectivity index (χ1v) is 8.99. The monoisotopic (exact) mass is 361 g/mol. The number of fused-ring (bicyclic) bond motifs is 1. The standard InChI is InChI=1S/C19H19N7O/c1-12-4-3-5-13(8-12)17-22-21-16-7-6-14(11-26(16)17)18-23-24-19(27-18)15-9-20-25(2)10-15/h3-5,8-10,14H,6-7,11H2,1-2H3. The van der Waals surface area contributed by atoms with Gasteiger partial charge < -0.3 is 8.98 Å². The topological polar surface area (TPSA) is 87.5 Å². The van der Waals surface area contributed by atoms with Gasteiger partial charge in [-0.3, -0.25) is 4.68 Å². The summed E-state index contributed by atoms with van der Waals surface area (Å²) in [5, 5.41) is 21.5. The minimum Gasteiger partial charge on any atom is -0.420 e. The molecule has 0 spiro atoms. The van der Waals surface area contributed by atoms with E-state index < -0.39 is 0 Å². The SMILES string of the molecule is Cc1cccc(-c2nnc3n2CC(c2nnc(-c4cnn(C)c4)o2)CC3)c1. The molecule has 27 heavy (non-hydrogen) atoms. The van der Waals surface area contributed by atoms with Gasteiger partial charge in [0.2, 0.25) is 5.89 Å². The molecule has 0 aliphatic carbocycles. The number of aromatic nitrogens is 7. The van der Waals surface area contributed by atoms with Crippen LogP contribution in [0.15, 0.2) is 41.1 Å². The van der Waals surface area contributed by atoms with Crippen LogP contribution in [0.3, 0.4) is 0 Å². The van der Waals surface area contributed by atoms with Crippen molar-refractivity contribution in [2.75, 3.05) is 0 Å². The molecule has 1 unspecified atom stereocenters. The van der Waals surface area contributed by atoms with E-state index in [2.05, 4.69) is 55.2 Å². The van der Waals surface area contributed by atoms with Crippen molar-refractivity contribution in [3.05, 3.63) is 53.9 Å². The summed E-state index contributed by atoms with van der Waals surface area (Å²) in [5.74, 6) is 3.21. The molecule has 8 heteroatoms. The van der Waals surface area contributed by atoms with E-state index in [9.17, 15) is 0 Å². The second-order valence-corrected chi connectivity index (χ2v) is 7.00. The largest absolute Gasteiger partial charge is 0.420 e. The zero-order valence-corrected chi connectivity index (χ0v) is 15.2. The van der Waals surface area contributed by atoms with Crippen molar-refractivity contribution in [3.8, 4) is 22.8 Å². The van der Waals surface area contributed by atoms with Gasteiger partial charge in [0.05, 0.1) is 17.7 Å². The number of benzene rings is 1. The van der Waals surface area contributed by atoms with Crippen LogP contribution < -0.4 is 0 Å². The summed E-state index contributed by atoms with van der Waals surface area (Å²) in [4.78, 5) is 0. The molecular formula is C19H19N7O. The first-order valence-electron chi connectivity index (χ1n) is 8.99. The van der Waals surface area contributed by atoms with Crippen molar-refractivity contribution in [2.45, 2.75) is 32.2 Å². The molecule has 4 heterocycles. The van der Waals surface area contributed by atoms with Crippen LogP contribution in [0.25, 0.3) is 22.8 Å². The lowest BCUT2D eigenvalue weighted by atomic mass is 9.99. The minimum absolute atomic E-state index is 0.148. The second-order valence-electron chi connectivity index (χ2n) is 7.00. The van der Waals surface area contributed by atoms with Crippen LogP contribution >= 0.6 is 0 Å². The minimum atomic E-state index is 0.148. The number of hydrogen-bond donors (Lipinski definition) is 0. The highest BCUT2D eigenvalue weighted by Gasteiger charge is 2.28. The van der Waals surface area contributed by atoms with Gasteiger partial charge >= 0.3 is 0 Å². The van der Waals surface area contributed by atoms with E-state index in [1.54, 1.807) is 10.9 Å². The molecule has 0 fully saturated rings. The Kier molecular flexibility index (Phi) is 3.63. The Morgan fingerprint density at radius 2 is 2.04 bits per heavy atom. The van der Waals surface area contributed by atoms with Crippen LogP contribution in [0, 0.1) is 6.92 Å². The number of rotatable bonds is 3. The quantitative estimate of drug-likeness (QED) is 0.558. The van der Waals surface area contributed by atoms with E-state index in [-0.39, 0.29) is 5.92 Å². The maximum atomic E-state index is 5.95. The average molecular weight is 361 g/mol. The van der Waals surface area contributed by atoms with Crippen molar-refractivity contribution in [3.63, 3.8) is 0 Å². The molecule has 1 aliphatic heterocycles. The molecule has 5 rings (SSSR count). The van der Waals surface area contributed by atoms with E-state index in [1.165, 1.54) is 5.56 Å². The Hall–Kier alpha value is -3.29. The molecule has 0 N–H and O–H groups in total. The fourth-order valence-electron chi connectivity index (χ4n) is 3.57. The van der Waals surface area contributed by atoms with Gasteiger partial charge in [-0.15, -0.1) is 20.4 Å². The average Bonchev–Trinajstić information content (AvgIpc) is 3.40. The van der Waals surface area contributed by atoms with Gasteiger partial charge in [-0.1, -0.05) is 23.8 Å². The predicted molar refractivity (Wildman–Crippen MR) is 97.8 cm³/mol. The van der Waals surface area contributed by atoms with E-state index in [1.807, 2.05) is 19.3 Å². The molecule has 0 radical (unpaired) electrons. The Morgan fingerprint density at radius 3 is 2.85 bits per heavy atom. The van der Waals surface area contributed by atoms with E-state index in [0.29, 0.717) is 11.8 Å². The zero-order valence-electron chi connectivity index (χ0n) is 15.2. The molecular weight excluding hydrogens is 342 g/mol. The number of nitrogens with zero attached hydrogens (tertiary/aromatic N) is 7. The smallest absolute Gasteiger partial charge is 0.250 e. The van der Waals surface area contributed by atoms with E-state index in [0.717, 1.165) is 42.2 Å². The van der Waals surface area contributed by atoms with Gasteiger partial charge in [-0.25, -0.2) is 0 Å². The fourth-order valence-corrected chi connectivity index (χ4v) is 3.57. The van der Waals surface area contributed by atoms with E-state index in [4.69, 9.17) is 4.42 Å². The lowest BCUT2D eigenvalue weighted by molar-refractivity contribution is 0.374. The van der Waals surface area contributed by atoms with Crippen LogP contribution in [-0.4, -0.2) is 34.7 Å². The molecule has 0 bridgehead atoms. The third-order valence-corrected chi connectivity index (χ3v) is 4.96. The molecule has 4 aromatic rings. The summed E-state index contributed by atoms with van der Waals surface area (Å²) in [7, 11) is 1.86. The highest BCUT2D eigenvalue weighted by atomic mass is 16.4. The van der Waals surface area contributed by atoms with Gasteiger partial charge in [-0.2, -0.15) is 5.10 Å². The Morgan fingerprint density at radius 1 is 1.11 bits per heavy atom. The first-order chi connectivity index (χ1) is 13.2. The Bertz CT molecular complexity index is 1110. The lowest BCUT2D eigenvalue weighted by Crippen LogP contribution is -2.20. The van der Waals surface area contributed by atoms with Crippen LogP contribution in [0.1, 0.15) is 29.6 Å². The Labute approximate surface area is 155 Å². The van der Waals surface area contributed by atoms with E-state index >= 15 is 0 Å². The summed E-state index contributed by atoms with van der Waals surface area (Å²) in [6.07, 6.45) is 5.35. The van der Waals surface area contributed by atoms with Crippen LogP contribution in [-0.2, 0) is 20.0 Å². The normalized spacial score (nSPS) is 16.4. The Balaban J connectivity index is 1.45. The summed E-state index contributed by atoms with van der Waals surface area (Å²) >= 11 is 0. The molecule has 1 atom stereocenters. The summed E-state index contributed by atoms with van der Waals surface area (Å²) in [6.45, 7) is 2.82. The fraction of sp³-hybridized carbons (Fsp3) is 0.316. The highest BCUT2D eigenvalue weighted by molar-refractivity contribution is 5.56. The zero-order chi connectivity index (χ0) is 18.4. The van der Waals surface area contributed by atoms with Gasteiger partial charge in [0, 0.05) is 31.8 Å². The molecule has 0 amide bonds. The van der Waals surface area contributed by atoms with Crippen LogP contribution in [0.5, 0.6) is 0 Å². The van der Waals surface area contributed by atoms with Gasteiger partial charge in [0.15, 0.2) is 5.82 Å². The number of hydrogen-bond acceptors (Lipinski definition) is 6. The summed E-state index contributed by atoms with van der Waals surface area (Å²) in [5.41, 5.74) is 3.11. The molecule has 1 aliphatic rings. The first kappa shape index (κ1) is 15.9. The van der Waals surface area contributed by atoms with Crippen molar-refractivity contribution >= 4 is 0 Å². The van der Waals surface area contributed by atoms with Crippen molar-refractivity contribution in [1.29, 1.82) is 0 Å². The number of aryl methyl sites for hydroxylation is 3. The van der Waals surface area contributed by atoms with Gasteiger partial charge in [0.25, 0.3) is 5.89 Å². The van der Waals surface area contributed by atoms with Crippen molar-refractivity contribution in [1.82, 2.24) is 34.7 Å². The molecule has 0 saturated carbocycles. The van der Waals surface area contributed by atoms with Crippen LogP contribution in [0.4, 0.5) is 0 Å². The molecule has 8 nitrogen and oxygen atoms in total. The van der Waals surface area contributed by atoms with Crippen molar-refractivity contribution in [2.24, 2.45) is 7.05 Å². The summed E-state index contributed by atoms with van der Waals surface area (Å²) in [6, 6.07) is 8.33. The predicted octanol–water partition coefficient (Wildman–Crippen LogP) is 2.77. The highest BCUT2D eigenvalue weighted by Crippen LogP contribution is 2.32. The van der Waals surface area contributed by atoms with Gasteiger partial charge in [0.1, 0.15) is 5.82 Å². The molecule has 0 saturated heterocycles. The lowest BCUT2D eigenvalue weighted by Gasteiger charge is -2.21. The third-order valence-electron chi connectivity index (χ3n) is 4.96. The van der Waals surface area contributed by atoms with Crippen molar-refractivity contribution < 1.29 is 4.42 Å². The maximum absolute atomic E-state index is 5.95. The third kappa shape index (κ3) is 2.83.